The summed E-state index contributed by atoms with van der Waals surface area (Å²) in [6.07, 6.45) is -0.168. The van der Waals surface area contributed by atoms with E-state index in [2.05, 4.69) is 5.32 Å². The summed E-state index contributed by atoms with van der Waals surface area (Å²) in [5.74, 6) is 0.874. The molecule has 6 nitrogen and oxygen atoms in total. The largest absolute Gasteiger partial charge is 0.489 e. The molecule has 1 aromatic rings. The van der Waals surface area contributed by atoms with Gasteiger partial charge in [-0.2, -0.15) is 0 Å². The zero-order valence-corrected chi connectivity index (χ0v) is 13.7. The maximum atomic E-state index is 12.0. The van der Waals surface area contributed by atoms with Crippen LogP contribution in [0.25, 0.3) is 0 Å². The van der Waals surface area contributed by atoms with Crippen molar-refractivity contribution in [3.05, 3.63) is 29.8 Å². The van der Waals surface area contributed by atoms with Crippen LogP contribution in [0.4, 0.5) is 4.79 Å². The van der Waals surface area contributed by atoms with E-state index in [1.54, 1.807) is 0 Å². The zero-order valence-electron chi connectivity index (χ0n) is 12.9. The fourth-order valence-corrected chi connectivity index (χ4v) is 3.41. The molecule has 0 radical (unpaired) electrons. The lowest BCUT2D eigenvalue weighted by Gasteiger charge is -2.27. The number of nitrogens with zero attached hydrogens (tertiary/aromatic N) is 1. The van der Waals surface area contributed by atoms with Crippen LogP contribution in [-0.2, 0) is 9.84 Å². The quantitative estimate of drug-likeness (QED) is 0.902. The third kappa shape index (κ3) is 4.62. The molecule has 1 N–H and O–H groups in total. The molecule has 7 heteroatoms. The third-order valence-corrected chi connectivity index (χ3v) is 5.20. The highest BCUT2D eigenvalue weighted by Crippen LogP contribution is 2.17. The SMILES string of the molecule is Cc1ccccc1O[C@H](C)CNC(=O)N1CCS(=O)(=O)CC1. The van der Waals surface area contributed by atoms with Gasteiger partial charge in [-0.25, -0.2) is 13.2 Å². The van der Waals surface area contributed by atoms with Gasteiger partial charge in [0.25, 0.3) is 0 Å². The Balaban J connectivity index is 1.78. The van der Waals surface area contributed by atoms with Gasteiger partial charge in [-0.3, -0.25) is 0 Å². The highest BCUT2D eigenvalue weighted by atomic mass is 32.2. The van der Waals surface area contributed by atoms with Crippen LogP contribution in [0.3, 0.4) is 0 Å². The van der Waals surface area contributed by atoms with Crippen LogP contribution < -0.4 is 10.1 Å². The fraction of sp³-hybridized carbons (Fsp3) is 0.533. The molecule has 0 saturated carbocycles. The van der Waals surface area contributed by atoms with Crippen molar-refractivity contribution >= 4 is 15.9 Å². The van der Waals surface area contributed by atoms with Gasteiger partial charge in [0.15, 0.2) is 9.84 Å². The van der Waals surface area contributed by atoms with Crippen molar-refractivity contribution in [1.82, 2.24) is 10.2 Å². The predicted molar refractivity (Wildman–Crippen MR) is 84.9 cm³/mol. The summed E-state index contributed by atoms with van der Waals surface area (Å²) in [5, 5.41) is 2.79. The first-order valence-electron chi connectivity index (χ1n) is 7.33. The Hall–Kier alpha value is -1.76. The van der Waals surface area contributed by atoms with E-state index in [0.717, 1.165) is 11.3 Å². The van der Waals surface area contributed by atoms with Crippen molar-refractivity contribution in [3.8, 4) is 5.75 Å². The van der Waals surface area contributed by atoms with Crippen molar-refractivity contribution in [3.63, 3.8) is 0 Å². The minimum Gasteiger partial charge on any atom is -0.489 e. The Morgan fingerprint density at radius 1 is 1.32 bits per heavy atom. The summed E-state index contributed by atoms with van der Waals surface area (Å²) in [6, 6.07) is 7.47. The van der Waals surface area contributed by atoms with Gasteiger partial charge in [-0.05, 0) is 25.5 Å². The van der Waals surface area contributed by atoms with Crippen LogP contribution >= 0.6 is 0 Å². The second-order valence-electron chi connectivity index (χ2n) is 5.52. The van der Waals surface area contributed by atoms with Gasteiger partial charge in [0, 0.05) is 13.1 Å². The number of carbonyl (C=O) groups excluding carboxylic acids is 1. The molecule has 1 fully saturated rings. The number of carbonyl (C=O) groups is 1. The molecule has 1 aliphatic rings. The summed E-state index contributed by atoms with van der Waals surface area (Å²) in [5.41, 5.74) is 1.04. The predicted octanol–water partition coefficient (Wildman–Crippen LogP) is 1.20. The van der Waals surface area contributed by atoms with Crippen LogP contribution in [0.15, 0.2) is 24.3 Å². The monoisotopic (exact) mass is 326 g/mol. The van der Waals surface area contributed by atoms with E-state index in [9.17, 15) is 13.2 Å². The number of hydrogen-bond acceptors (Lipinski definition) is 4. The molecule has 1 atom stereocenters. The Morgan fingerprint density at radius 2 is 1.95 bits per heavy atom. The maximum Gasteiger partial charge on any atom is 0.317 e. The van der Waals surface area contributed by atoms with Crippen molar-refractivity contribution < 1.29 is 17.9 Å². The molecule has 0 bridgehead atoms. The minimum atomic E-state index is -2.97. The normalized spacial score (nSPS) is 18.5. The first-order chi connectivity index (χ1) is 10.4. The summed E-state index contributed by atoms with van der Waals surface area (Å²) in [6.45, 7) is 4.72. The van der Waals surface area contributed by atoms with E-state index < -0.39 is 9.84 Å². The molecule has 1 aliphatic heterocycles. The second kappa shape index (κ2) is 7.00. The van der Waals surface area contributed by atoms with Gasteiger partial charge in [0.05, 0.1) is 18.1 Å². The van der Waals surface area contributed by atoms with Gasteiger partial charge < -0.3 is 15.0 Å². The van der Waals surface area contributed by atoms with E-state index >= 15 is 0 Å². The number of hydrogen-bond donors (Lipinski definition) is 1. The standard InChI is InChI=1S/C15H22N2O4S/c1-12-5-3-4-6-14(12)21-13(2)11-16-15(18)17-7-9-22(19,20)10-8-17/h3-6,13H,7-11H2,1-2H3,(H,16,18)/t13-/m1/s1. The van der Waals surface area contributed by atoms with Crippen molar-refractivity contribution in [1.29, 1.82) is 0 Å². The average molecular weight is 326 g/mol. The fourth-order valence-electron chi connectivity index (χ4n) is 2.21. The first kappa shape index (κ1) is 16.6. The molecule has 1 heterocycles. The van der Waals surface area contributed by atoms with Gasteiger partial charge >= 0.3 is 6.03 Å². The zero-order chi connectivity index (χ0) is 16.2. The van der Waals surface area contributed by atoms with Crippen LogP contribution in [0, 0.1) is 6.92 Å². The molecular formula is C15H22N2O4S. The molecule has 1 aromatic carbocycles. The van der Waals surface area contributed by atoms with Crippen LogP contribution in [0.1, 0.15) is 12.5 Å². The number of rotatable bonds is 4. The van der Waals surface area contributed by atoms with Gasteiger partial charge in [-0.1, -0.05) is 18.2 Å². The molecule has 2 rings (SSSR count). The van der Waals surface area contributed by atoms with E-state index in [0.29, 0.717) is 6.54 Å². The number of sulfone groups is 1. The van der Waals surface area contributed by atoms with E-state index in [4.69, 9.17) is 4.74 Å². The number of para-hydroxylation sites is 1. The molecule has 0 aliphatic carbocycles. The highest BCUT2D eigenvalue weighted by Gasteiger charge is 2.25. The molecule has 0 aromatic heterocycles. The maximum absolute atomic E-state index is 12.0. The van der Waals surface area contributed by atoms with E-state index in [1.807, 2.05) is 38.1 Å². The number of benzene rings is 1. The number of aryl methyl sites for hydroxylation is 1. The summed E-state index contributed by atoms with van der Waals surface area (Å²) >= 11 is 0. The van der Waals surface area contributed by atoms with Crippen LogP contribution in [0.5, 0.6) is 5.75 Å². The molecular weight excluding hydrogens is 304 g/mol. The molecule has 0 spiro atoms. The summed E-state index contributed by atoms with van der Waals surface area (Å²) in [4.78, 5) is 13.5. The van der Waals surface area contributed by atoms with Crippen LogP contribution in [-0.4, -0.2) is 56.6 Å². The average Bonchev–Trinajstić information content (AvgIpc) is 2.47. The number of urea groups is 1. The summed E-state index contributed by atoms with van der Waals surface area (Å²) in [7, 11) is -2.97. The Morgan fingerprint density at radius 3 is 2.59 bits per heavy atom. The summed E-state index contributed by atoms with van der Waals surface area (Å²) < 4.78 is 28.5. The number of nitrogens with one attached hydrogen (secondary N) is 1. The lowest BCUT2D eigenvalue weighted by molar-refractivity contribution is 0.185. The molecule has 1 saturated heterocycles. The molecule has 2 amide bonds. The third-order valence-electron chi connectivity index (χ3n) is 3.59. The Kier molecular flexibility index (Phi) is 5.28. The van der Waals surface area contributed by atoms with Crippen molar-refractivity contribution in [2.24, 2.45) is 0 Å². The Bertz CT molecular complexity index is 616. The Labute approximate surface area is 131 Å². The second-order valence-corrected chi connectivity index (χ2v) is 7.82. The molecule has 22 heavy (non-hydrogen) atoms. The van der Waals surface area contributed by atoms with E-state index in [-0.39, 0.29) is 36.7 Å². The topological polar surface area (TPSA) is 75.7 Å². The first-order valence-corrected chi connectivity index (χ1v) is 9.15. The molecule has 0 unspecified atom stereocenters. The van der Waals surface area contributed by atoms with Gasteiger partial charge in [0.1, 0.15) is 11.9 Å². The molecule has 122 valence electrons. The van der Waals surface area contributed by atoms with Crippen molar-refractivity contribution in [2.45, 2.75) is 20.0 Å². The lowest BCUT2D eigenvalue weighted by atomic mass is 10.2. The number of amides is 2. The van der Waals surface area contributed by atoms with Gasteiger partial charge in [-0.15, -0.1) is 0 Å². The van der Waals surface area contributed by atoms with Crippen LogP contribution in [0.2, 0.25) is 0 Å². The smallest absolute Gasteiger partial charge is 0.317 e. The highest BCUT2D eigenvalue weighted by molar-refractivity contribution is 7.91. The van der Waals surface area contributed by atoms with E-state index in [1.165, 1.54) is 4.90 Å². The van der Waals surface area contributed by atoms with Crippen molar-refractivity contribution in [2.75, 3.05) is 31.1 Å². The number of ether oxygens (including phenoxy) is 1. The lowest BCUT2D eigenvalue weighted by Crippen LogP contribution is -2.49. The minimum absolute atomic E-state index is 0.0374. The van der Waals surface area contributed by atoms with Gasteiger partial charge in [0.2, 0.25) is 0 Å².